The maximum atomic E-state index is 5.91. The molecule has 1 aromatic carbocycles. The van der Waals surface area contributed by atoms with Gasteiger partial charge in [-0.3, -0.25) is 0 Å². The molecule has 2 aromatic heterocycles. The molecular weight excluding hydrogens is 276 g/mol. The molecular formula is C13H11ClN6. The molecule has 7 heteroatoms. The minimum Gasteiger partial charge on any atom is -0.368 e. The van der Waals surface area contributed by atoms with Gasteiger partial charge in [0.25, 0.3) is 0 Å². The number of nitrogens with zero attached hydrogens (tertiary/aromatic N) is 3. The quantitative estimate of drug-likeness (QED) is 0.379. The number of rotatable bonds is 2. The highest BCUT2D eigenvalue weighted by molar-refractivity contribution is 6.29. The predicted molar refractivity (Wildman–Crippen MR) is 80.0 cm³/mol. The Hall–Kier alpha value is -2.44. The molecule has 0 saturated heterocycles. The van der Waals surface area contributed by atoms with Gasteiger partial charge in [0.1, 0.15) is 5.15 Å². The van der Waals surface area contributed by atoms with Crippen molar-refractivity contribution in [2.45, 2.75) is 0 Å². The molecule has 0 amide bonds. The van der Waals surface area contributed by atoms with Crippen molar-refractivity contribution in [1.29, 1.82) is 0 Å². The highest BCUT2D eigenvalue weighted by Gasteiger charge is 2.07. The number of hydrazine groups is 1. The monoisotopic (exact) mass is 286 g/mol. The van der Waals surface area contributed by atoms with E-state index in [-0.39, 0.29) is 5.95 Å². The number of nitrogens with two attached hydrogens (primary N) is 2. The minimum absolute atomic E-state index is 0.171. The third-order valence-electron chi connectivity index (χ3n) is 2.91. The number of halogens is 1. The van der Waals surface area contributed by atoms with Crippen LogP contribution in [0.3, 0.4) is 0 Å². The normalized spacial score (nSPS) is 10.7. The lowest BCUT2D eigenvalue weighted by Crippen LogP contribution is -2.11. The summed E-state index contributed by atoms with van der Waals surface area (Å²) in [7, 11) is 0. The lowest BCUT2D eigenvalue weighted by Gasteiger charge is -2.08. The number of anilines is 2. The van der Waals surface area contributed by atoms with Crippen LogP contribution < -0.4 is 17.0 Å². The van der Waals surface area contributed by atoms with Gasteiger partial charge in [0, 0.05) is 11.6 Å². The largest absolute Gasteiger partial charge is 0.368 e. The molecule has 0 spiro atoms. The first-order chi connectivity index (χ1) is 9.67. The molecule has 3 rings (SSSR count). The summed E-state index contributed by atoms with van der Waals surface area (Å²) in [5.41, 5.74) is 10.8. The van der Waals surface area contributed by atoms with E-state index in [1.165, 1.54) is 0 Å². The van der Waals surface area contributed by atoms with Crippen molar-refractivity contribution in [3.8, 4) is 11.1 Å². The average molecular weight is 287 g/mol. The molecule has 0 aliphatic carbocycles. The topological polar surface area (TPSA) is 103 Å². The molecule has 0 fully saturated rings. The van der Waals surface area contributed by atoms with Gasteiger partial charge in [-0.15, -0.1) is 0 Å². The molecule has 20 heavy (non-hydrogen) atoms. The van der Waals surface area contributed by atoms with Gasteiger partial charge in [0.2, 0.25) is 5.95 Å². The van der Waals surface area contributed by atoms with E-state index in [4.69, 9.17) is 23.2 Å². The van der Waals surface area contributed by atoms with Crippen LogP contribution in [0.5, 0.6) is 0 Å². The van der Waals surface area contributed by atoms with Crippen LogP contribution in [0.15, 0.2) is 36.5 Å². The van der Waals surface area contributed by atoms with Gasteiger partial charge in [-0.2, -0.15) is 4.98 Å². The van der Waals surface area contributed by atoms with Crippen molar-refractivity contribution < 1.29 is 0 Å². The van der Waals surface area contributed by atoms with E-state index in [0.29, 0.717) is 16.5 Å². The van der Waals surface area contributed by atoms with E-state index < -0.39 is 0 Å². The summed E-state index contributed by atoms with van der Waals surface area (Å²) >= 11 is 5.91. The third-order valence-corrected chi connectivity index (χ3v) is 3.12. The summed E-state index contributed by atoms with van der Waals surface area (Å²) in [5, 5.41) is 1.22. The van der Waals surface area contributed by atoms with Gasteiger partial charge in [0.05, 0.1) is 5.52 Å². The van der Waals surface area contributed by atoms with E-state index in [1.807, 2.05) is 24.3 Å². The lowest BCUT2D eigenvalue weighted by atomic mass is 10.0. The Labute approximate surface area is 119 Å². The smallest absolute Gasteiger partial charge is 0.222 e. The van der Waals surface area contributed by atoms with Crippen molar-refractivity contribution >= 4 is 34.3 Å². The zero-order valence-electron chi connectivity index (χ0n) is 10.3. The molecule has 0 aliphatic heterocycles. The maximum absolute atomic E-state index is 5.91. The van der Waals surface area contributed by atoms with E-state index >= 15 is 0 Å². The number of hydrogen-bond donors (Lipinski definition) is 3. The molecule has 3 aromatic rings. The second-order valence-electron chi connectivity index (χ2n) is 4.17. The number of aromatic nitrogens is 3. The molecule has 0 atom stereocenters. The van der Waals surface area contributed by atoms with Crippen LogP contribution in [-0.4, -0.2) is 15.0 Å². The Balaban J connectivity index is 2.22. The average Bonchev–Trinajstić information content (AvgIpc) is 2.46. The summed E-state index contributed by atoms with van der Waals surface area (Å²) in [5.74, 6) is 6.12. The van der Waals surface area contributed by atoms with Gasteiger partial charge < -0.3 is 11.2 Å². The Morgan fingerprint density at radius 3 is 2.60 bits per heavy atom. The van der Waals surface area contributed by atoms with Crippen LogP contribution in [0, 0.1) is 0 Å². The van der Waals surface area contributed by atoms with Gasteiger partial charge in [-0.05, 0) is 35.4 Å². The molecule has 2 heterocycles. The van der Waals surface area contributed by atoms with Crippen molar-refractivity contribution in [3.63, 3.8) is 0 Å². The van der Waals surface area contributed by atoms with Crippen molar-refractivity contribution in [3.05, 3.63) is 41.7 Å². The van der Waals surface area contributed by atoms with Crippen LogP contribution in [0.4, 0.5) is 11.8 Å². The molecule has 100 valence electrons. The van der Waals surface area contributed by atoms with Gasteiger partial charge in [0.15, 0.2) is 5.82 Å². The molecule has 5 N–H and O–H groups in total. The summed E-state index contributed by atoms with van der Waals surface area (Å²) in [4.78, 5) is 12.2. The van der Waals surface area contributed by atoms with Crippen molar-refractivity contribution in [1.82, 2.24) is 15.0 Å². The molecule has 0 radical (unpaired) electrons. The fourth-order valence-electron chi connectivity index (χ4n) is 2.02. The SMILES string of the molecule is NNc1nc(N)nc2ccc(-c3ccnc(Cl)c3)cc12. The molecule has 6 nitrogen and oxygen atoms in total. The Morgan fingerprint density at radius 2 is 1.85 bits per heavy atom. The molecule has 0 bridgehead atoms. The number of pyridine rings is 1. The van der Waals surface area contributed by atoms with E-state index in [2.05, 4.69) is 20.4 Å². The van der Waals surface area contributed by atoms with Crippen molar-refractivity contribution in [2.24, 2.45) is 5.84 Å². The van der Waals surface area contributed by atoms with Crippen LogP contribution in [-0.2, 0) is 0 Å². The van der Waals surface area contributed by atoms with Crippen LogP contribution in [0.2, 0.25) is 5.15 Å². The van der Waals surface area contributed by atoms with Crippen LogP contribution >= 0.6 is 11.6 Å². The summed E-state index contributed by atoms with van der Waals surface area (Å²) in [6.45, 7) is 0. The zero-order chi connectivity index (χ0) is 14.1. The number of nitrogen functional groups attached to an aromatic ring is 2. The highest BCUT2D eigenvalue weighted by atomic mass is 35.5. The summed E-state index contributed by atoms with van der Waals surface area (Å²) in [6.07, 6.45) is 1.66. The molecule has 0 unspecified atom stereocenters. The zero-order valence-corrected chi connectivity index (χ0v) is 11.1. The first kappa shape index (κ1) is 12.6. The van der Waals surface area contributed by atoms with E-state index in [0.717, 1.165) is 16.5 Å². The summed E-state index contributed by atoms with van der Waals surface area (Å²) < 4.78 is 0. The van der Waals surface area contributed by atoms with Crippen LogP contribution in [0.25, 0.3) is 22.0 Å². The fourth-order valence-corrected chi connectivity index (χ4v) is 2.19. The second-order valence-corrected chi connectivity index (χ2v) is 4.56. The molecule has 0 saturated carbocycles. The number of benzene rings is 1. The maximum Gasteiger partial charge on any atom is 0.222 e. The first-order valence-electron chi connectivity index (χ1n) is 5.83. The predicted octanol–water partition coefficient (Wildman–Crippen LogP) is 2.21. The third kappa shape index (κ3) is 2.22. The van der Waals surface area contributed by atoms with Crippen LogP contribution in [0.1, 0.15) is 0 Å². The second kappa shape index (κ2) is 4.92. The van der Waals surface area contributed by atoms with Crippen molar-refractivity contribution in [2.75, 3.05) is 11.2 Å². The summed E-state index contributed by atoms with van der Waals surface area (Å²) in [6, 6.07) is 9.38. The number of nitrogens with one attached hydrogen (secondary N) is 1. The number of hydrogen-bond acceptors (Lipinski definition) is 6. The Kier molecular flexibility index (Phi) is 3.09. The van der Waals surface area contributed by atoms with Gasteiger partial charge in [-0.1, -0.05) is 17.7 Å². The van der Waals surface area contributed by atoms with E-state index in [9.17, 15) is 0 Å². The Morgan fingerprint density at radius 1 is 1.05 bits per heavy atom. The minimum atomic E-state index is 0.171. The lowest BCUT2D eigenvalue weighted by molar-refractivity contribution is 1.19. The molecule has 0 aliphatic rings. The standard InChI is InChI=1S/C13H11ClN6/c14-11-6-8(3-4-17-11)7-1-2-10-9(5-7)12(20-16)19-13(15)18-10/h1-6H,16H2,(H3,15,18,19,20). The van der Waals surface area contributed by atoms with Gasteiger partial charge in [-0.25, -0.2) is 15.8 Å². The highest BCUT2D eigenvalue weighted by Crippen LogP contribution is 2.28. The first-order valence-corrected chi connectivity index (χ1v) is 6.21. The number of fused-ring (bicyclic) bond motifs is 1. The van der Waals surface area contributed by atoms with E-state index in [1.54, 1.807) is 12.3 Å². The Bertz CT molecular complexity index is 789. The fraction of sp³-hybridized carbons (Fsp3) is 0. The van der Waals surface area contributed by atoms with Gasteiger partial charge >= 0.3 is 0 Å².